The molecule has 132 valence electrons. The van der Waals surface area contributed by atoms with Gasteiger partial charge in [0.1, 0.15) is 5.75 Å². The molecule has 24 heavy (non-hydrogen) atoms. The Morgan fingerprint density at radius 2 is 2.08 bits per heavy atom. The molecule has 1 aromatic rings. The Morgan fingerprint density at radius 3 is 2.75 bits per heavy atom. The van der Waals surface area contributed by atoms with Crippen molar-refractivity contribution in [3.05, 3.63) is 29.8 Å². The van der Waals surface area contributed by atoms with E-state index in [1.165, 1.54) is 18.9 Å². The number of carbonyl (C=O) groups excluding carboxylic acids is 2. The zero-order valence-corrected chi connectivity index (χ0v) is 14.9. The molecule has 8 heteroatoms. The third-order valence-corrected chi connectivity index (χ3v) is 3.80. The lowest BCUT2D eigenvalue weighted by atomic mass is 10.1. The molecule has 0 spiro atoms. The lowest BCUT2D eigenvalue weighted by Crippen LogP contribution is -2.19. The first-order valence-electron chi connectivity index (χ1n) is 7.40. The minimum Gasteiger partial charge on any atom is -0.497 e. The zero-order valence-electron chi connectivity index (χ0n) is 14.0. The maximum Gasteiger partial charge on any atom is 0.427 e. The molecular formula is C16H22N2O5S. The topological polar surface area (TPSA) is 86.2 Å². The van der Waals surface area contributed by atoms with Gasteiger partial charge in [-0.1, -0.05) is 12.1 Å². The van der Waals surface area contributed by atoms with Gasteiger partial charge in [0, 0.05) is 12.2 Å². The molecule has 1 aromatic carbocycles. The average molecular weight is 354 g/mol. The van der Waals surface area contributed by atoms with Gasteiger partial charge in [-0.3, -0.25) is 4.79 Å². The molecule has 7 nitrogen and oxygen atoms in total. The van der Waals surface area contributed by atoms with Crippen LogP contribution in [-0.2, 0) is 20.7 Å². The largest absolute Gasteiger partial charge is 0.497 e. The highest BCUT2D eigenvalue weighted by Crippen LogP contribution is 2.17. The molecule has 1 rings (SSSR count). The number of rotatable bonds is 8. The number of carbonyl (C=O) groups is 2. The molecule has 0 bridgehead atoms. The molecule has 1 amide bonds. The number of amides is 1. The molecule has 0 radical (unpaired) electrons. The van der Waals surface area contributed by atoms with Gasteiger partial charge >= 0.3 is 12.1 Å². The van der Waals surface area contributed by atoms with E-state index in [0.717, 1.165) is 11.3 Å². The summed E-state index contributed by atoms with van der Waals surface area (Å²) in [6.07, 6.45) is 0.117. The minimum absolute atomic E-state index is 0.258. The summed E-state index contributed by atoms with van der Waals surface area (Å²) in [6.45, 7) is 2.12. The van der Waals surface area contributed by atoms with Crippen molar-refractivity contribution >= 4 is 28.9 Å². The van der Waals surface area contributed by atoms with Crippen LogP contribution in [0, 0.1) is 0 Å². The first kappa shape index (κ1) is 19.8. The van der Waals surface area contributed by atoms with Crippen molar-refractivity contribution in [1.29, 1.82) is 0 Å². The van der Waals surface area contributed by atoms with E-state index in [4.69, 9.17) is 9.47 Å². The second-order valence-electron chi connectivity index (χ2n) is 4.54. The highest BCUT2D eigenvalue weighted by atomic mass is 32.2. The molecule has 0 aromatic heterocycles. The average Bonchev–Trinajstić information content (AvgIpc) is 2.59. The van der Waals surface area contributed by atoms with Crippen molar-refractivity contribution in [3.63, 3.8) is 0 Å². The van der Waals surface area contributed by atoms with Crippen molar-refractivity contribution in [2.24, 2.45) is 5.10 Å². The van der Waals surface area contributed by atoms with E-state index in [1.54, 1.807) is 14.0 Å². The van der Waals surface area contributed by atoms with E-state index in [1.807, 2.05) is 24.3 Å². The van der Waals surface area contributed by atoms with Crippen molar-refractivity contribution in [2.75, 3.05) is 26.6 Å². The van der Waals surface area contributed by atoms with Gasteiger partial charge in [-0.2, -0.15) is 5.10 Å². The van der Waals surface area contributed by atoms with Crippen LogP contribution >= 0.6 is 11.8 Å². The molecule has 0 aliphatic carbocycles. The Balaban J connectivity index is 2.69. The van der Waals surface area contributed by atoms with Crippen molar-refractivity contribution in [1.82, 2.24) is 5.43 Å². The standard InChI is InChI=1S/C16H22N2O5S/c1-4-23-15(19)8-9-24-14(17-18-16(20)22-3)11-12-6-5-7-13(10-12)21-2/h5-7,10H,4,8-9,11H2,1-3H3,(H,18,20)/b17-14+. The second kappa shape index (κ2) is 11.3. The summed E-state index contributed by atoms with van der Waals surface area (Å²) >= 11 is 1.37. The van der Waals surface area contributed by atoms with Gasteiger partial charge < -0.3 is 14.2 Å². The van der Waals surface area contributed by atoms with Gasteiger partial charge in [-0.25, -0.2) is 10.2 Å². The number of hydrogen-bond acceptors (Lipinski definition) is 7. The van der Waals surface area contributed by atoms with Gasteiger partial charge in [0.15, 0.2) is 0 Å². The van der Waals surface area contributed by atoms with E-state index in [-0.39, 0.29) is 12.4 Å². The lowest BCUT2D eigenvalue weighted by molar-refractivity contribution is -0.142. The molecule has 0 heterocycles. The van der Waals surface area contributed by atoms with Crippen molar-refractivity contribution < 1.29 is 23.8 Å². The van der Waals surface area contributed by atoms with Crippen molar-refractivity contribution in [2.45, 2.75) is 19.8 Å². The summed E-state index contributed by atoms with van der Waals surface area (Å²) in [5.41, 5.74) is 3.28. The highest BCUT2D eigenvalue weighted by molar-refractivity contribution is 8.13. The van der Waals surface area contributed by atoms with Crippen LogP contribution in [0.15, 0.2) is 29.4 Å². The number of nitrogens with zero attached hydrogens (tertiary/aromatic N) is 1. The quantitative estimate of drug-likeness (QED) is 0.334. The summed E-state index contributed by atoms with van der Waals surface area (Å²) in [6, 6.07) is 7.55. The van der Waals surface area contributed by atoms with Crippen LogP contribution in [0.2, 0.25) is 0 Å². The van der Waals surface area contributed by atoms with Crippen LogP contribution in [0.3, 0.4) is 0 Å². The Labute approximate surface area is 145 Å². The zero-order chi connectivity index (χ0) is 17.8. The van der Waals surface area contributed by atoms with E-state index >= 15 is 0 Å². The Hall–Kier alpha value is -2.22. The first-order valence-corrected chi connectivity index (χ1v) is 8.39. The van der Waals surface area contributed by atoms with Crippen LogP contribution in [0.5, 0.6) is 5.75 Å². The molecule has 0 saturated carbocycles. The number of methoxy groups -OCH3 is 2. The van der Waals surface area contributed by atoms with Gasteiger partial charge in [0.25, 0.3) is 0 Å². The van der Waals surface area contributed by atoms with Gasteiger partial charge in [-0.15, -0.1) is 11.8 Å². The van der Waals surface area contributed by atoms with Crippen LogP contribution in [0.1, 0.15) is 18.9 Å². The monoisotopic (exact) mass is 354 g/mol. The number of nitrogens with one attached hydrogen (secondary N) is 1. The highest BCUT2D eigenvalue weighted by Gasteiger charge is 2.08. The summed E-state index contributed by atoms with van der Waals surface area (Å²) in [5, 5.41) is 4.70. The fourth-order valence-corrected chi connectivity index (χ4v) is 2.60. The van der Waals surface area contributed by atoms with E-state index in [0.29, 0.717) is 23.8 Å². The number of thioether (sulfide) groups is 1. The molecule has 0 aliphatic rings. The van der Waals surface area contributed by atoms with E-state index < -0.39 is 6.09 Å². The van der Waals surface area contributed by atoms with E-state index in [9.17, 15) is 9.59 Å². The molecule has 0 fully saturated rings. The third-order valence-electron chi connectivity index (χ3n) is 2.83. The van der Waals surface area contributed by atoms with Crippen LogP contribution < -0.4 is 10.2 Å². The Bertz CT molecular complexity index is 577. The third kappa shape index (κ3) is 7.87. The van der Waals surface area contributed by atoms with Crippen LogP contribution in [-0.4, -0.2) is 43.7 Å². The normalized spacial score (nSPS) is 10.9. The summed E-state index contributed by atoms with van der Waals surface area (Å²) in [4.78, 5) is 22.6. The smallest absolute Gasteiger partial charge is 0.427 e. The maximum absolute atomic E-state index is 11.4. The Morgan fingerprint density at radius 1 is 1.29 bits per heavy atom. The summed E-state index contributed by atoms with van der Waals surface area (Å²) in [5.74, 6) is 0.987. The molecule has 1 N–H and O–H groups in total. The van der Waals surface area contributed by atoms with E-state index in [2.05, 4.69) is 15.3 Å². The SMILES string of the molecule is CCOC(=O)CCS/C(Cc1cccc(OC)c1)=N/NC(=O)OC. The maximum atomic E-state index is 11.4. The lowest BCUT2D eigenvalue weighted by Gasteiger charge is -2.08. The number of hydrogen-bond donors (Lipinski definition) is 1. The second-order valence-corrected chi connectivity index (χ2v) is 5.71. The predicted molar refractivity (Wildman–Crippen MR) is 93.4 cm³/mol. The number of hydrazone groups is 1. The van der Waals surface area contributed by atoms with Gasteiger partial charge in [0.2, 0.25) is 0 Å². The van der Waals surface area contributed by atoms with Gasteiger partial charge in [-0.05, 0) is 24.6 Å². The summed E-state index contributed by atoms with van der Waals surface area (Å²) < 4.78 is 14.6. The molecule has 0 unspecified atom stereocenters. The molecule has 0 saturated heterocycles. The van der Waals surface area contributed by atoms with Crippen LogP contribution in [0.4, 0.5) is 4.79 Å². The molecule has 0 atom stereocenters. The summed E-state index contributed by atoms with van der Waals surface area (Å²) in [7, 11) is 2.86. The fraction of sp³-hybridized carbons (Fsp3) is 0.438. The van der Waals surface area contributed by atoms with Crippen LogP contribution in [0.25, 0.3) is 0 Å². The molecular weight excluding hydrogens is 332 g/mol. The fourth-order valence-electron chi connectivity index (χ4n) is 1.72. The predicted octanol–water partition coefficient (Wildman–Crippen LogP) is 2.59. The van der Waals surface area contributed by atoms with Gasteiger partial charge in [0.05, 0.1) is 32.3 Å². The number of ether oxygens (including phenoxy) is 3. The first-order chi connectivity index (χ1) is 11.6. The van der Waals surface area contributed by atoms with Crippen molar-refractivity contribution in [3.8, 4) is 5.75 Å². The number of benzene rings is 1. The molecule has 0 aliphatic heterocycles. The minimum atomic E-state index is -0.649. The number of esters is 1. The Kier molecular flexibility index (Phi) is 9.36.